The van der Waals surface area contributed by atoms with Crippen molar-refractivity contribution in [2.75, 3.05) is 5.32 Å². The number of rotatable bonds is 5. The molecule has 0 bridgehead atoms. The average Bonchev–Trinajstić information content (AvgIpc) is 3.14. The molecule has 9 nitrogen and oxygen atoms in total. The van der Waals surface area contributed by atoms with Crippen molar-refractivity contribution in [3.63, 3.8) is 0 Å². The minimum absolute atomic E-state index is 0.0116. The summed E-state index contributed by atoms with van der Waals surface area (Å²) in [6, 6.07) is 12.4. The van der Waals surface area contributed by atoms with E-state index in [1.165, 1.54) is 19.2 Å². The van der Waals surface area contributed by atoms with Crippen molar-refractivity contribution in [1.29, 1.82) is 5.26 Å². The Bertz CT molecular complexity index is 1500. The molecule has 0 unspecified atom stereocenters. The van der Waals surface area contributed by atoms with Gasteiger partial charge in [-0.05, 0) is 30.7 Å². The fourth-order valence-corrected chi connectivity index (χ4v) is 3.48. The molecule has 0 aliphatic heterocycles. The number of hydrogen-bond donors (Lipinski definition) is 2. The number of anilines is 1. The number of nitriles is 1. The first-order valence-corrected chi connectivity index (χ1v) is 10.1. The number of nitrogens with zero attached hydrogens (tertiary/aromatic N) is 5. The topological polar surface area (TPSA) is 140 Å². The molecule has 3 heterocycles. The first-order valence-electron chi connectivity index (χ1n) is 10.1. The number of hydrogen-bond acceptors (Lipinski definition) is 6. The highest BCUT2D eigenvalue weighted by molar-refractivity contribution is 6.10. The lowest BCUT2D eigenvalue weighted by atomic mass is 10.1. The minimum Gasteiger partial charge on any atom is -0.366 e. The summed E-state index contributed by atoms with van der Waals surface area (Å²) in [5.41, 5.74) is 4.29. The number of nitrogens with two attached hydrogens (primary N) is 1. The molecule has 0 aliphatic carbocycles. The van der Waals surface area contributed by atoms with Crippen LogP contribution in [0.1, 0.15) is 43.5 Å². The molecule has 0 fully saturated rings. The molecule has 0 aliphatic rings. The van der Waals surface area contributed by atoms with Crippen LogP contribution in [0.2, 0.25) is 0 Å². The second kappa shape index (κ2) is 8.86. The van der Waals surface area contributed by atoms with Gasteiger partial charge >= 0.3 is 6.18 Å². The average molecular weight is 479 g/mol. The number of benzene rings is 1. The maximum Gasteiger partial charge on any atom is 0.437 e. The predicted molar refractivity (Wildman–Crippen MR) is 118 cm³/mol. The van der Waals surface area contributed by atoms with Crippen LogP contribution in [0.25, 0.3) is 10.9 Å². The molecule has 176 valence electrons. The normalized spacial score (nSPS) is 11.3. The molecule has 0 atom stereocenters. The molecule has 1 aromatic carbocycles. The summed E-state index contributed by atoms with van der Waals surface area (Å²) in [6.45, 7) is 1.29. The largest absolute Gasteiger partial charge is 0.437 e. The zero-order valence-electron chi connectivity index (χ0n) is 18.1. The Morgan fingerprint density at radius 2 is 1.94 bits per heavy atom. The molecular formula is C23H16F3N7O2. The molecule has 12 heteroatoms. The van der Waals surface area contributed by atoms with Crippen LogP contribution >= 0.6 is 0 Å². The van der Waals surface area contributed by atoms with E-state index >= 15 is 0 Å². The molecule has 3 N–H and O–H groups in total. The van der Waals surface area contributed by atoms with E-state index < -0.39 is 29.4 Å². The maximum atomic E-state index is 13.8. The highest BCUT2D eigenvalue weighted by Crippen LogP contribution is 2.36. The number of fused-ring (bicyclic) bond motifs is 1. The van der Waals surface area contributed by atoms with Gasteiger partial charge in [-0.1, -0.05) is 24.3 Å². The smallest absolute Gasteiger partial charge is 0.366 e. The number of nitrogens with one attached hydrogen (secondary N) is 1. The van der Waals surface area contributed by atoms with Gasteiger partial charge in [0.15, 0.2) is 5.69 Å². The number of alkyl halides is 3. The van der Waals surface area contributed by atoms with E-state index in [2.05, 4.69) is 20.4 Å². The van der Waals surface area contributed by atoms with Gasteiger partial charge in [0.05, 0.1) is 29.0 Å². The van der Waals surface area contributed by atoms with Gasteiger partial charge in [0, 0.05) is 11.6 Å². The van der Waals surface area contributed by atoms with Crippen LogP contribution in [0.15, 0.2) is 48.7 Å². The summed E-state index contributed by atoms with van der Waals surface area (Å²) in [6.07, 6.45) is -3.51. The number of primary amides is 1. The number of aromatic nitrogens is 4. The van der Waals surface area contributed by atoms with Gasteiger partial charge in [-0.3, -0.25) is 14.3 Å². The molecule has 4 aromatic rings. The fraction of sp³-hybridized carbons (Fsp3) is 0.130. The van der Waals surface area contributed by atoms with Crippen molar-refractivity contribution < 1.29 is 22.8 Å². The summed E-state index contributed by atoms with van der Waals surface area (Å²) in [4.78, 5) is 32.9. The van der Waals surface area contributed by atoms with E-state index in [0.717, 1.165) is 10.7 Å². The van der Waals surface area contributed by atoms with Gasteiger partial charge in [0.1, 0.15) is 17.5 Å². The highest BCUT2D eigenvalue weighted by atomic mass is 19.4. The minimum atomic E-state index is -4.86. The Balaban J connectivity index is 1.72. The van der Waals surface area contributed by atoms with Crippen molar-refractivity contribution in [2.24, 2.45) is 5.73 Å². The Hall–Kier alpha value is -4.79. The third-order valence-corrected chi connectivity index (χ3v) is 5.20. The molecule has 2 amide bonds. The van der Waals surface area contributed by atoms with Crippen LogP contribution in [0, 0.1) is 18.3 Å². The quantitative estimate of drug-likeness (QED) is 0.450. The van der Waals surface area contributed by atoms with E-state index in [4.69, 9.17) is 11.0 Å². The second-order valence-electron chi connectivity index (χ2n) is 7.52. The van der Waals surface area contributed by atoms with E-state index in [0.29, 0.717) is 10.9 Å². The maximum absolute atomic E-state index is 13.8. The lowest BCUT2D eigenvalue weighted by Crippen LogP contribution is -2.19. The van der Waals surface area contributed by atoms with Crippen molar-refractivity contribution in [3.8, 4) is 6.07 Å². The number of halogens is 3. The first kappa shape index (κ1) is 23.4. The SMILES string of the molecule is Cc1c(NC(=O)c2cc(C(N)=O)c3ccccc3n2)c(C(F)(F)F)nn1Cc1ccc(C#N)nc1. The summed E-state index contributed by atoms with van der Waals surface area (Å²) < 4.78 is 42.3. The molecule has 0 radical (unpaired) electrons. The lowest BCUT2D eigenvalue weighted by molar-refractivity contribution is -0.140. The number of carbonyl (C=O) groups excluding carboxylic acids is 2. The highest BCUT2D eigenvalue weighted by Gasteiger charge is 2.39. The number of carbonyl (C=O) groups is 2. The Morgan fingerprint density at radius 1 is 1.20 bits per heavy atom. The summed E-state index contributed by atoms with van der Waals surface area (Å²) in [5.74, 6) is -1.78. The second-order valence-corrected chi connectivity index (χ2v) is 7.52. The van der Waals surface area contributed by atoms with Crippen LogP contribution in [-0.4, -0.2) is 31.6 Å². The summed E-state index contributed by atoms with van der Waals surface area (Å²) in [7, 11) is 0. The zero-order valence-corrected chi connectivity index (χ0v) is 18.1. The van der Waals surface area contributed by atoms with Gasteiger partial charge in [0.2, 0.25) is 5.91 Å². The van der Waals surface area contributed by atoms with Crippen LogP contribution < -0.4 is 11.1 Å². The Kier molecular flexibility index (Phi) is 5.92. The third-order valence-electron chi connectivity index (χ3n) is 5.20. The van der Waals surface area contributed by atoms with Crippen LogP contribution in [0.3, 0.4) is 0 Å². The van der Waals surface area contributed by atoms with Gasteiger partial charge in [-0.15, -0.1) is 0 Å². The number of para-hydroxylation sites is 1. The summed E-state index contributed by atoms with van der Waals surface area (Å²) in [5, 5.41) is 15.2. The first-order chi connectivity index (χ1) is 16.6. The van der Waals surface area contributed by atoms with Gasteiger partial charge < -0.3 is 11.1 Å². The molecule has 0 saturated carbocycles. The van der Waals surface area contributed by atoms with Crippen molar-refractivity contribution in [2.45, 2.75) is 19.6 Å². The molecule has 0 spiro atoms. The van der Waals surface area contributed by atoms with E-state index in [9.17, 15) is 22.8 Å². The Labute approximate surface area is 196 Å². The monoisotopic (exact) mass is 479 g/mol. The van der Waals surface area contributed by atoms with E-state index in [-0.39, 0.29) is 34.7 Å². The van der Waals surface area contributed by atoms with E-state index in [1.54, 1.807) is 30.3 Å². The van der Waals surface area contributed by atoms with Gasteiger partial charge in [-0.25, -0.2) is 9.97 Å². The molecular weight excluding hydrogens is 463 g/mol. The summed E-state index contributed by atoms with van der Waals surface area (Å²) >= 11 is 0. The zero-order chi connectivity index (χ0) is 25.3. The van der Waals surface area contributed by atoms with Crippen LogP contribution in [-0.2, 0) is 12.7 Å². The lowest BCUT2D eigenvalue weighted by Gasteiger charge is -2.10. The van der Waals surface area contributed by atoms with Gasteiger partial charge in [0.25, 0.3) is 5.91 Å². The molecule has 0 saturated heterocycles. The van der Waals surface area contributed by atoms with Gasteiger partial charge in [-0.2, -0.15) is 23.5 Å². The standard InChI is InChI=1S/C23H16F3N7O2/c1-12-19(20(23(24,25)26)32-33(12)11-13-6-7-14(9-27)29-10-13)31-22(35)18-8-16(21(28)34)15-4-2-3-5-17(15)30-18/h2-8,10H,11H2,1H3,(H2,28,34)(H,31,35). The number of pyridine rings is 2. The van der Waals surface area contributed by atoms with Crippen molar-refractivity contribution in [1.82, 2.24) is 19.7 Å². The van der Waals surface area contributed by atoms with Crippen LogP contribution in [0.5, 0.6) is 0 Å². The predicted octanol–water partition coefficient (Wildman–Crippen LogP) is 3.42. The van der Waals surface area contributed by atoms with E-state index in [1.807, 2.05) is 6.07 Å². The van der Waals surface area contributed by atoms with Crippen molar-refractivity contribution >= 4 is 28.4 Å². The number of amides is 2. The molecule has 4 rings (SSSR count). The van der Waals surface area contributed by atoms with Crippen LogP contribution in [0.4, 0.5) is 18.9 Å². The third kappa shape index (κ3) is 4.65. The van der Waals surface area contributed by atoms with Crippen molar-refractivity contribution in [3.05, 3.63) is 82.6 Å². The molecule has 3 aromatic heterocycles. The fourth-order valence-electron chi connectivity index (χ4n) is 3.48. The Morgan fingerprint density at radius 3 is 2.57 bits per heavy atom. The molecule has 35 heavy (non-hydrogen) atoms.